The number of rotatable bonds is 10. The standard InChI is InChI=1S/C19H29N7O4S2/c1-5-25(6-2)32(29,30)15-9-7-8-14(10-15)17-23-24-19(26(17)20)31-12-16(27)22-18(28)21-11-13(3)4/h7-10,13H,5-6,11-12,20H2,1-4H3,(H2,21,22,27,28). The van der Waals surface area contributed by atoms with Crippen molar-refractivity contribution in [3.8, 4) is 11.4 Å². The molecule has 0 atom stereocenters. The van der Waals surface area contributed by atoms with Crippen molar-refractivity contribution in [2.45, 2.75) is 37.7 Å². The van der Waals surface area contributed by atoms with Crippen molar-refractivity contribution in [2.75, 3.05) is 31.2 Å². The third kappa shape index (κ3) is 6.43. The first-order valence-corrected chi connectivity index (χ1v) is 12.5. The van der Waals surface area contributed by atoms with Crippen molar-refractivity contribution < 1.29 is 18.0 Å². The molecule has 13 heteroatoms. The van der Waals surface area contributed by atoms with Gasteiger partial charge in [0.05, 0.1) is 10.6 Å². The highest BCUT2D eigenvalue weighted by Gasteiger charge is 2.23. The van der Waals surface area contributed by atoms with Gasteiger partial charge in [-0.3, -0.25) is 10.1 Å². The number of nitrogens with two attached hydrogens (primary N) is 1. The van der Waals surface area contributed by atoms with Gasteiger partial charge in [0.2, 0.25) is 21.1 Å². The first kappa shape index (κ1) is 25.6. The van der Waals surface area contributed by atoms with E-state index in [-0.39, 0.29) is 27.5 Å². The van der Waals surface area contributed by atoms with Crippen LogP contribution in [0.2, 0.25) is 0 Å². The average Bonchev–Trinajstić information content (AvgIpc) is 3.12. The highest BCUT2D eigenvalue weighted by molar-refractivity contribution is 7.99. The second kappa shape index (κ2) is 11.3. The zero-order chi connectivity index (χ0) is 23.9. The molecule has 0 aliphatic heterocycles. The molecule has 32 heavy (non-hydrogen) atoms. The molecule has 0 bridgehead atoms. The average molecular weight is 484 g/mol. The summed E-state index contributed by atoms with van der Waals surface area (Å²) in [5, 5.41) is 13.1. The van der Waals surface area contributed by atoms with E-state index in [9.17, 15) is 18.0 Å². The predicted octanol–water partition coefficient (Wildman–Crippen LogP) is 1.26. The monoisotopic (exact) mass is 483 g/mol. The number of amides is 3. The Morgan fingerprint density at radius 1 is 1.22 bits per heavy atom. The van der Waals surface area contributed by atoms with Crippen molar-refractivity contribution in [3.05, 3.63) is 24.3 Å². The molecule has 1 aromatic heterocycles. The molecule has 0 aliphatic carbocycles. The topological polar surface area (TPSA) is 152 Å². The molecule has 11 nitrogen and oxygen atoms in total. The van der Waals surface area contributed by atoms with E-state index in [1.165, 1.54) is 21.1 Å². The quantitative estimate of drug-likeness (QED) is 0.337. The minimum absolute atomic E-state index is 0.0964. The van der Waals surface area contributed by atoms with Gasteiger partial charge in [-0.1, -0.05) is 51.6 Å². The third-order valence-corrected chi connectivity index (χ3v) is 7.35. The molecule has 4 N–H and O–H groups in total. The third-order valence-electron chi connectivity index (χ3n) is 4.36. The van der Waals surface area contributed by atoms with Gasteiger partial charge in [0.15, 0.2) is 5.82 Å². The van der Waals surface area contributed by atoms with Crippen LogP contribution >= 0.6 is 11.8 Å². The van der Waals surface area contributed by atoms with E-state index >= 15 is 0 Å². The molecule has 2 aromatic rings. The maximum absolute atomic E-state index is 12.8. The second-order valence-electron chi connectivity index (χ2n) is 7.23. The number of nitrogens with zero attached hydrogens (tertiary/aromatic N) is 4. The van der Waals surface area contributed by atoms with Gasteiger partial charge in [0.1, 0.15) is 0 Å². The summed E-state index contributed by atoms with van der Waals surface area (Å²) >= 11 is 1.00. The maximum atomic E-state index is 12.8. The lowest BCUT2D eigenvalue weighted by molar-refractivity contribution is -0.117. The lowest BCUT2D eigenvalue weighted by Gasteiger charge is -2.18. The number of hydrogen-bond donors (Lipinski definition) is 3. The highest BCUT2D eigenvalue weighted by atomic mass is 32.2. The molecule has 0 saturated carbocycles. The van der Waals surface area contributed by atoms with Crippen molar-refractivity contribution in [2.24, 2.45) is 5.92 Å². The Balaban J connectivity index is 2.10. The van der Waals surface area contributed by atoms with Gasteiger partial charge in [-0.2, -0.15) is 4.31 Å². The molecule has 1 heterocycles. The zero-order valence-electron chi connectivity index (χ0n) is 18.5. The Labute approximate surface area is 192 Å². The van der Waals surface area contributed by atoms with Gasteiger partial charge in [-0.05, 0) is 18.1 Å². The molecule has 0 unspecified atom stereocenters. The fraction of sp³-hybridized carbons (Fsp3) is 0.474. The van der Waals surface area contributed by atoms with Gasteiger partial charge >= 0.3 is 6.03 Å². The Morgan fingerprint density at radius 2 is 1.91 bits per heavy atom. The molecule has 0 spiro atoms. The number of aromatic nitrogens is 3. The number of nitrogen functional groups attached to an aromatic ring is 1. The van der Waals surface area contributed by atoms with E-state index in [0.717, 1.165) is 11.8 Å². The first-order chi connectivity index (χ1) is 15.1. The van der Waals surface area contributed by atoms with Crippen LogP contribution in [0, 0.1) is 5.92 Å². The Morgan fingerprint density at radius 3 is 2.53 bits per heavy atom. The van der Waals surface area contributed by atoms with Crippen LogP contribution < -0.4 is 16.5 Å². The van der Waals surface area contributed by atoms with Gasteiger partial charge < -0.3 is 11.2 Å². The molecule has 0 aliphatic rings. The minimum Gasteiger partial charge on any atom is -0.338 e. The largest absolute Gasteiger partial charge is 0.338 e. The summed E-state index contributed by atoms with van der Waals surface area (Å²) in [6.07, 6.45) is 0. The maximum Gasteiger partial charge on any atom is 0.321 e. The van der Waals surface area contributed by atoms with Crippen molar-refractivity contribution in [1.82, 2.24) is 29.8 Å². The van der Waals surface area contributed by atoms with Crippen LogP contribution in [0.3, 0.4) is 0 Å². The van der Waals surface area contributed by atoms with E-state index in [4.69, 9.17) is 5.84 Å². The van der Waals surface area contributed by atoms with E-state index < -0.39 is 22.0 Å². The molecule has 0 saturated heterocycles. The Kier molecular flexibility index (Phi) is 9.04. The number of hydrogen-bond acceptors (Lipinski definition) is 8. The summed E-state index contributed by atoms with van der Waals surface area (Å²) in [6.45, 7) is 8.60. The normalized spacial score (nSPS) is 11.7. The van der Waals surface area contributed by atoms with Crippen LogP contribution in [0.15, 0.2) is 34.3 Å². The SMILES string of the molecule is CCN(CC)S(=O)(=O)c1cccc(-c2nnc(SCC(=O)NC(=O)NCC(C)C)n2N)c1. The number of carbonyl (C=O) groups excluding carboxylic acids is 2. The van der Waals surface area contributed by atoms with Crippen molar-refractivity contribution in [3.63, 3.8) is 0 Å². The zero-order valence-corrected chi connectivity index (χ0v) is 20.2. The van der Waals surface area contributed by atoms with E-state index in [1.54, 1.807) is 26.0 Å². The number of nitrogens with one attached hydrogen (secondary N) is 2. The van der Waals surface area contributed by atoms with E-state index in [0.29, 0.717) is 25.2 Å². The lowest BCUT2D eigenvalue weighted by Crippen LogP contribution is -2.41. The molecule has 2 rings (SSSR count). The van der Waals surface area contributed by atoms with Crippen LogP contribution in [-0.4, -0.2) is 64.9 Å². The van der Waals surface area contributed by atoms with Crippen LogP contribution in [0.1, 0.15) is 27.7 Å². The lowest BCUT2D eigenvalue weighted by atomic mass is 10.2. The molecule has 0 radical (unpaired) electrons. The summed E-state index contributed by atoms with van der Waals surface area (Å²) in [4.78, 5) is 23.8. The fourth-order valence-corrected chi connectivity index (χ4v) is 4.88. The molecule has 176 valence electrons. The Hall–Kier alpha value is -2.64. The molecule has 1 aromatic carbocycles. The number of sulfonamides is 1. The number of urea groups is 1. The fourth-order valence-electron chi connectivity index (χ4n) is 2.71. The van der Waals surface area contributed by atoms with E-state index in [2.05, 4.69) is 20.8 Å². The number of carbonyl (C=O) groups is 2. The van der Waals surface area contributed by atoms with Crippen LogP contribution in [0.4, 0.5) is 4.79 Å². The summed E-state index contributed by atoms with van der Waals surface area (Å²) in [5.74, 6) is 5.99. The summed E-state index contributed by atoms with van der Waals surface area (Å²) in [5.41, 5.74) is 0.470. The van der Waals surface area contributed by atoms with Crippen molar-refractivity contribution >= 4 is 33.7 Å². The highest BCUT2D eigenvalue weighted by Crippen LogP contribution is 2.25. The van der Waals surface area contributed by atoms with Gasteiger partial charge in [-0.15, -0.1) is 10.2 Å². The smallest absolute Gasteiger partial charge is 0.321 e. The molecule has 3 amide bonds. The molecule has 0 fully saturated rings. The van der Waals surface area contributed by atoms with Gasteiger partial charge in [-0.25, -0.2) is 17.9 Å². The molecular weight excluding hydrogens is 454 g/mol. The Bertz CT molecular complexity index is 1050. The predicted molar refractivity (Wildman–Crippen MR) is 123 cm³/mol. The number of thioether (sulfide) groups is 1. The summed E-state index contributed by atoms with van der Waals surface area (Å²) < 4.78 is 28.1. The number of benzene rings is 1. The van der Waals surface area contributed by atoms with Crippen LogP contribution in [0.5, 0.6) is 0 Å². The molecular formula is C19H29N7O4S2. The van der Waals surface area contributed by atoms with Gasteiger partial charge in [0.25, 0.3) is 0 Å². The van der Waals surface area contributed by atoms with Crippen LogP contribution in [-0.2, 0) is 14.8 Å². The van der Waals surface area contributed by atoms with Crippen LogP contribution in [0.25, 0.3) is 11.4 Å². The first-order valence-electron chi connectivity index (χ1n) is 10.1. The number of imide groups is 1. The van der Waals surface area contributed by atoms with E-state index in [1.807, 2.05) is 13.8 Å². The summed E-state index contributed by atoms with van der Waals surface area (Å²) in [7, 11) is -3.64. The minimum atomic E-state index is -3.64. The summed E-state index contributed by atoms with van der Waals surface area (Å²) in [6, 6.07) is 5.72. The van der Waals surface area contributed by atoms with Gasteiger partial charge in [0, 0.05) is 25.2 Å². The van der Waals surface area contributed by atoms with Crippen molar-refractivity contribution in [1.29, 1.82) is 0 Å². The second-order valence-corrected chi connectivity index (χ2v) is 10.1.